The molecule has 0 amide bonds. The molecule has 0 aliphatic carbocycles. The number of aromatic nitrogens is 1. The molecule has 2 heterocycles. The van der Waals surface area contributed by atoms with Crippen molar-refractivity contribution < 1.29 is 0 Å². The molecule has 1 fully saturated rings. The molecular formula is C12H18BrN3. The summed E-state index contributed by atoms with van der Waals surface area (Å²) in [4.78, 5) is 6.64. The Bertz CT molecular complexity index is 343. The number of halogens is 1. The van der Waals surface area contributed by atoms with Crippen LogP contribution < -0.4 is 5.73 Å². The highest BCUT2D eigenvalue weighted by molar-refractivity contribution is 9.10. The number of hydrogen-bond donors (Lipinski definition) is 1. The second-order valence-electron chi connectivity index (χ2n) is 4.34. The molecule has 4 heteroatoms. The molecule has 0 saturated carbocycles. The Balaban J connectivity index is 2.02. The molecule has 2 rings (SSSR count). The molecule has 1 aromatic heterocycles. The van der Waals surface area contributed by atoms with Gasteiger partial charge in [0.1, 0.15) is 4.60 Å². The maximum Gasteiger partial charge on any atom is 0.106 e. The fourth-order valence-electron chi connectivity index (χ4n) is 2.31. The number of hydrogen-bond acceptors (Lipinski definition) is 3. The first-order valence-corrected chi connectivity index (χ1v) is 6.63. The number of nitrogens with zero attached hydrogens (tertiary/aromatic N) is 2. The summed E-state index contributed by atoms with van der Waals surface area (Å²) in [6.07, 6.45) is 5.70. The molecule has 3 nitrogen and oxygen atoms in total. The molecule has 16 heavy (non-hydrogen) atoms. The van der Waals surface area contributed by atoms with E-state index in [-0.39, 0.29) is 0 Å². The van der Waals surface area contributed by atoms with E-state index in [0.29, 0.717) is 6.04 Å². The van der Waals surface area contributed by atoms with Crippen LogP contribution in [0.1, 0.15) is 24.8 Å². The zero-order valence-electron chi connectivity index (χ0n) is 9.40. The van der Waals surface area contributed by atoms with Gasteiger partial charge in [0.2, 0.25) is 0 Å². The lowest BCUT2D eigenvalue weighted by molar-refractivity contribution is 0.145. The van der Waals surface area contributed by atoms with Crippen LogP contribution in [0.2, 0.25) is 0 Å². The maximum absolute atomic E-state index is 5.81. The second-order valence-corrected chi connectivity index (χ2v) is 5.16. The van der Waals surface area contributed by atoms with Crippen LogP contribution in [-0.2, 0) is 6.54 Å². The fourth-order valence-corrected chi connectivity index (χ4v) is 2.72. The summed E-state index contributed by atoms with van der Waals surface area (Å²) < 4.78 is 0.909. The lowest BCUT2D eigenvalue weighted by Crippen LogP contribution is -2.43. The molecule has 1 saturated heterocycles. The van der Waals surface area contributed by atoms with Gasteiger partial charge in [0.25, 0.3) is 0 Å². The molecule has 0 radical (unpaired) electrons. The Morgan fingerprint density at radius 1 is 1.50 bits per heavy atom. The Labute approximate surface area is 105 Å². The molecule has 0 unspecified atom stereocenters. The molecule has 0 spiro atoms. The molecule has 1 aliphatic rings. The predicted octanol–water partition coefficient (Wildman–Crippen LogP) is 2.16. The van der Waals surface area contributed by atoms with Crippen LogP contribution >= 0.6 is 15.9 Å². The lowest BCUT2D eigenvalue weighted by Gasteiger charge is -2.34. The first kappa shape index (κ1) is 12.0. The number of nitrogens with two attached hydrogens (primary N) is 1. The SMILES string of the molecule is NC[C@@H]1CCCCN1Cc1ccnc(Br)c1. The van der Waals surface area contributed by atoms with E-state index < -0.39 is 0 Å². The van der Waals surface area contributed by atoms with Crippen molar-refractivity contribution in [1.82, 2.24) is 9.88 Å². The molecule has 0 aromatic carbocycles. The molecule has 2 N–H and O–H groups in total. The van der Waals surface area contributed by atoms with E-state index in [1.807, 2.05) is 6.20 Å². The monoisotopic (exact) mass is 283 g/mol. The summed E-state index contributed by atoms with van der Waals surface area (Å²) in [5, 5.41) is 0. The van der Waals surface area contributed by atoms with Gasteiger partial charge in [-0.2, -0.15) is 0 Å². The van der Waals surface area contributed by atoms with Crippen LogP contribution in [0.4, 0.5) is 0 Å². The van der Waals surface area contributed by atoms with E-state index in [1.54, 1.807) is 0 Å². The predicted molar refractivity (Wildman–Crippen MR) is 69.0 cm³/mol. The third kappa shape index (κ3) is 3.03. The quantitative estimate of drug-likeness (QED) is 0.865. The number of rotatable bonds is 3. The first-order chi connectivity index (χ1) is 7.79. The molecule has 1 aliphatic heterocycles. The van der Waals surface area contributed by atoms with Gasteiger partial charge in [-0.1, -0.05) is 6.42 Å². The molecule has 1 aromatic rings. The van der Waals surface area contributed by atoms with Crippen molar-refractivity contribution in [2.24, 2.45) is 5.73 Å². The highest BCUT2D eigenvalue weighted by Crippen LogP contribution is 2.19. The molecule has 0 bridgehead atoms. The zero-order chi connectivity index (χ0) is 11.4. The Kier molecular flexibility index (Phi) is 4.32. The van der Waals surface area contributed by atoms with Crippen LogP contribution in [0.15, 0.2) is 22.9 Å². The van der Waals surface area contributed by atoms with Gasteiger partial charge in [-0.25, -0.2) is 4.98 Å². The lowest BCUT2D eigenvalue weighted by atomic mass is 10.0. The zero-order valence-corrected chi connectivity index (χ0v) is 11.0. The maximum atomic E-state index is 5.81. The molecular weight excluding hydrogens is 266 g/mol. The number of likely N-dealkylation sites (tertiary alicyclic amines) is 1. The highest BCUT2D eigenvalue weighted by Gasteiger charge is 2.20. The van der Waals surface area contributed by atoms with Crippen molar-refractivity contribution in [3.05, 3.63) is 28.5 Å². The van der Waals surface area contributed by atoms with E-state index in [4.69, 9.17) is 5.73 Å². The summed E-state index contributed by atoms with van der Waals surface area (Å²) in [7, 11) is 0. The van der Waals surface area contributed by atoms with Gasteiger partial charge in [0.05, 0.1) is 0 Å². The van der Waals surface area contributed by atoms with E-state index in [0.717, 1.165) is 17.7 Å². The summed E-state index contributed by atoms with van der Waals surface area (Å²) >= 11 is 3.40. The Morgan fingerprint density at radius 2 is 2.38 bits per heavy atom. The minimum Gasteiger partial charge on any atom is -0.329 e. The average Bonchev–Trinajstić information content (AvgIpc) is 2.30. The molecule has 88 valence electrons. The van der Waals surface area contributed by atoms with Gasteiger partial charge in [0, 0.05) is 25.3 Å². The summed E-state index contributed by atoms with van der Waals surface area (Å²) in [6, 6.07) is 4.72. The fraction of sp³-hybridized carbons (Fsp3) is 0.583. The Hall–Kier alpha value is -0.450. The summed E-state index contributed by atoms with van der Waals surface area (Å²) in [5.41, 5.74) is 7.12. The van der Waals surface area contributed by atoms with Crippen molar-refractivity contribution >= 4 is 15.9 Å². The minimum atomic E-state index is 0.556. The normalized spacial score (nSPS) is 22.2. The van der Waals surface area contributed by atoms with E-state index in [2.05, 4.69) is 37.9 Å². The van der Waals surface area contributed by atoms with Crippen LogP contribution in [0.3, 0.4) is 0 Å². The van der Waals surface area contributed by atoms with Crippen LogP contribution in [0.25, 0.3) is 0 Å². The number of piperidine rings is 1. The smallest absolute Gasteiger partial charge is 0.106 e. The van der Waals surface area contributed by atoms with Gasteiger partial charge in [-0.05, 0) is 53.0 Å². The largest absolute Gasteiger partial charge is 0.329 e. The van der Waals surface area contributed by atoms with E-state index in [1.165, 1.54) is 31.4 Å². The van der Waals surface area contributed by atoms with Crippen molar-refractivity contribution in [3.63, 3.8) is 0 Å². The number of pyridine rings is 1. The standard InChI is InChI=1S/C12H18BrN3/c13-12-7-10(4-5-15-12)9-16-6-2-1-3-11(16)8-14/h4-5,7,11H,1-3,6,8-9,14H2/t11-/m0/s1. The van der Waals surface area contributed by atoms with E-state index in [9.17, 15) is 0 Å². The van der Waals surface area contributed by atoms with Gasteiger partial charge in [-0.15, -0.1) is 0 Å². The highest BCUT2D eigenvalue weighted by atomic mass is 79.9. The molecule has 1 atom stereocenters. The second kappa shape index (κ2) is 5.75. The van der Waals surface area contributed by atoms with Crippen LogP contribution in [-0.4, -0.2) is 29.0 Å². The van der Waals surface area contributed by atoms with Crippen molar-refractivity contribution in [3.8, 4) is 0 Å². The van der Waals surface area contributed by atoms with Gasteiger partial charge >= 0.3 is 0 Å². The first-order valence-electron chi connectivity index (χ1n) is 5.84. The third-order valence-corrected chi connectivity index (χ3v) is 3.63. The van der Waals surface area contributed by atoms with Crippen LogP contribution in [0, 0.1) is 0 Å². The summed E-state index contributed by atoms with van der Waals surface area (Å²) in [5.74, 6) is 0. The van der Waals surface area contributed by atoms with Gasteiger partial charge in [0.15, 0.2) is 0 Å². The van der Waals surface area contributed by atoms with Crippen molar-refractivity contribution in [2.45, 2.75) is 31.8 Å². The van der Waals surface area contributed by atoms with Gasteiger partial charge in [-0.3, -0.25) is 4.90 Å². The van der Waals surface area contributed by atoms with Crippen LogP contribution in [0.5, 0.6) is 0 Å². The summed E-state index contributed by atoms with van der Waals surface area (Å²) in [6.45, 7) is 2.93. The Morgan fingerprint density at radius 3 is 3.12 bits per heavy atom. The van der Waals surface area contributed by atoms with Gasteiger partial charge < -0.3 is 5.73 Å². The third-order valence-electron chi connectivity index (χ3n) is 3.20. The topological polar surface area (TPSA) is 42.1 Å². The average molecular weight is 284 g/mol. The minimum absolute atomic E-state index is 0.556. The van der Waals surface area contributed by atoms with Crippen molar-refractivity contribution in [1.29, 1.82) is 0 Å². The van der Waals surface area contributed by atoms with Crippen molar-refractivity contribution in [2.75, 3.05) is 13.1 Å². The van der Waals surface area contributed by atoms with E-state index >= 15 is 0 Å².